The van der Waals surface area contributed by atoms with E-state index in [9.17, 15) is 35.1 Å². The quantitative estimate of drug-likeness (QED) is 0.127. The van der Waals surface area contributed by atoms with Crippen LogP contribution in [0.3, 0.4) is 0 Å². The molecule has 5 aliphatic heterocycles. The number of nitrogens with zero attached hydrogens (tertiary/aromatic N) is 1. The van der Waals surface area contributed by atoms with Gasteiger partial charge in [0.2, 0.25) is 5.91 Å². The Labute approximate surface area is 337 Å². The molecular formula is C45H66N2O10. The van der Waals surface area contributed by atoms with Crippen LogP contribution >= 0.6 is 0 Å². The maximum Gasteiger partial charge on any atom is 0.240 e. The number of aliphatic hydroxyl groups excluding tert-OH is 3. The van der Waals surface area contributed by atoms with Crippen molar-refractivity contribution in [1.82, 2.24) is 10.2 Å². The van der Waals surface area contributed by atoms with Gasteiger partial charge in [-0.05, 0) is 112 Å². The second-order valence-corrected chi connectivity index (χ2v) is 20.1. The summed E-state index contributed by atoms with van der Waals surface area (Å²) in [6.07, 6.45) is 7.79. The van der Waals surface area contributed by atoms with Gasteiger partial charge in [0, 0.05) is 57.1 Å². The van der Waals surface area contributed by atoms with Crippen molar-refractivity contribution < 1.29 is 49.3 Å². The van der Waals surface area contributed by atoms with E-state index in [-0.39, 0.29) is 42.3 Å². The molecule has 57 heavy (non-hydrogen) atoms. The highest BCUT2D eigenvalue weighted by Crippen LogP contribution is 2.76. The molecule has 6 N–H and O–H groups in total. The first-order chi connectivity index (χ1) is 27.3. The normalized spacial score (nSPS) is 50.6. The molecule has 7 fully saturated rings. The van der Waals surface area contributed by atoms with Crippen LogP contribution in [0.2, 0.25) is 0 Å². The number of piperidine rings is 1. The van der Waals surface area contributed by atoms with Crippen molar-refractivity contribution in [2.45, 2.75) is 164 Å². The Hall–Kier alpha value is -1.92. The summed E-state index contributed by atoms with van der Waals surface area (Å²) in [5.41, 5.74) is -4.78. The van der Waals surface area contributed by atoms with Crippen LogP contribution in [0, 0.1) is 57.7 Å². The van der Waals surface area contributed by atoms with Gasteiger partial charge in [-0.25, -0.2) is 0 Å². The van der Waals surface area contributed by atoms with Gasteiger partial charge in [-0.15, -0.1) is 5.92 Å². The minimum absolute atomic E-state index is 0.0112. The lowest BCUT2D eigenvalue weighted by Gasteiger charge is -2.67. The summed E-state index contributed by atoms with van der Waals surface area (Å²) in [4.78, 5) is 30.4. The molecular weight excluding hydrogens is 728 g/mol. The van der Waals surface area contributed by atoms with Gasteiger partial charge in [-0.2, -0.15) is 0 Å². The number of nitrogens with one attached hydrogen (secondary N) is 1. The molecule has 4 saturated carbocycles. The van der Waals surface area contributed by atoms with Crippen molar-refractivity contribution in [2.24, 2.45) is 45.8 Å². The molecule has 0 unspecified atom stereocenters. The van der Waals surface area contributed by atoms with Crippen LogP contribution < -0.4 is 5.32 Å². The molecule has 5 aliphatic carbocycles. The maximum absolute atomic E-state index is 14.7. The summed E-state index contributed by atoms with van der Waals surface area (Å²) in [5.74, 6) is 5.39. The molecule has 16 atom stereocenters. The molecule has 10 aliphatic rings. The summed E-state index contributed by atoms with van der Waals surface area (Å²) >= 11 is 0. The Morgan fingerprint density at radius 3 is 2.53 bits per heavy atom. The van der Waals surface area contributed by atoms with Crippen molar-refractivity contribution in [3.05, 3.63) is 11.6 Å². The lowest BCUT2D eigenvalue weighted by atomic mass is 9.37. The monoisotopic (exact) mass is 794 g/mol. The number of aliphatic hydroxyl groups is 5. The van der Waals surface area contributed by atoms with Crippen LogP contribution in [0.1, 0.15) is 110 Å². The van der Waals surface area contributed by atoms with Gasteiger partial charge in [0.05, 0.1) is 40.9 Å². The van der Waals surface area contributed by atoms with E-state index in [1.54, 1.807) is 25.0 Å². The van der Waals surface area contributed by atoms with Crippen molar-refractivity contribution in [2.75, 3.05) is 33.5 Å². The summed E-state index contributed by atoms with van der Waals surface area (Å²) in [6, 6.07) is -0.775. The first-order valence-corrected chi connectivity index (χ1v) is 22.3. The minimum atomic E-state index is -1.77. The predicted octanol–water partition coefficient (Wildman–Crippen LogP) is 2.61. The van der Waals surface area contributed by atoms with E-state index in [1.807, 2.05) is 0 Å². The second-order valence-electron chi connectivity index (χ2n) is 20.1. The summed E-state index contributed by atoms with van der Waals surface area (Å²) in [7, 11) is 1.68. The molecule has 10 rings (SSSR count). The second kappa shape index (κ2) is 14.6. The third kappa shape index (κ3) is 5.87. The fraction of sp³-hybridized carbons (Fsp3) is 0.867. The topological polar surface area (TPSA) is 178 Å². The van der Waals surface area contributed by atoms with Gasteiger partial charge in [0.1, 0.15) is 18.4 Å². The Morgan fingerprint density at radius 2 is 1.77 bits per heavy atom. The lowest BCUT2D eigenvalue weighted by molar-refractivity contribution is -0.224. The number of rotatable bonds is 7. The zero-order chi connectivity index (χ0) is 40.1. The molecule has 1 amide bonds. The molecule has 5 heterocycles. The molecule has 1 spiro atoms. The smallest absolute Gasteiger partial charge is 0.240 e. The van der Waals surface area contributed by atoms with Crippen LogP contribution in [-0.2, 0) is 23.8 Å². The van der Waals surface area contributed by atoms with Crippen LogP contribution in [0.15, 0.2) is 11.6 Å². The first kappa shape index (κ1) is 40.5. The van der Waals surface area contributed by atoms with E-state index >= 15 is 0 Å². The number of hydrogen-bond donors (Lipinski definition) is 6. The Balaban J connectivity index is 1.18. The average Bonchev–Trinajstić information content (AvgIpc) is 3.75. The van der Waals surface area contributed by atoms with Gasteiger partial charge >= 0.3 is 0 Å². The highest BCUT2D eigenvalue weighted by Gasteiger charge is 2.76. The Kier molecular flexibility index (Phi) is 10.4. The van der Waals surface area contributed by atoms with E-state index < -0.39 is 75.8 Å². The summed E-state index contributed by atoms with van der Waals surface area (Å²) in [5, 5.41) is 64.7. The predicted molar refractivity (Wildman–Crippen MR) is 208 cm³/mol. The molecule has 0 aromatic rings. The molecule has 316 valence electrons. The van der Waals surface area contributed by atoms with Gasteiger partial charge in [-0.3, -0.25) is 14.9 Å². The van der Waals surface area contributed by atoms with Gasteiger partial charge in [-0.1, -0.05) is 32.1 Å². The van der Waals surface area contributed by atoms with Gasteiger partial charge in [0.25, 0.3) is 0 Å². The molecule has 3 saturated heterocycles. The molecule has 7 bridgehead atoms. The third-order valence-corrected chi connectivity index (χ3v) is 17.7. The average molecular weight is 795 g/mol. The maximum atomic E-state index is 14.7. The number of carbonyl (C=O) groups excluding carboxylic acids is 2. The highest BCUT2D eigenvalue weighted by molar-refractivity contribution is 5.96. The fourth-order valence-corrected chi connectivity index (χ4v) is 14.7. The van der Waals surface area contributed by atoms with E-state index in [2.05, 4.69) is 24.1 Å². The largest absolute Gasteiger partial charge is 0.396 e. The van der Waals surface area contributed by atoms with Crippen LogP contribution in [0.5, 0.6) is 0 Å². The third-order valence-electron chi connectivity index (χ3n) is 17.7. The number of amides is 1. The first-order valence-electron chi connectivity index (χ1n) is 22.3. The summed E-state index contributed by atoms with van der Waals surface area (Å²) < 4.78 is 18.0. The Bertz CT molecular complexity index is 1690. The van der Waals surface area contributed by atoms with Crippen molar-refractivity contribution in [3.8, 4) is 11.8 Å². The van der Waals surface area contributed by atoms with Gasteiger partial charge < -0.3 is 44.6 Å². The van der Waals surface area contributed by atoms with Crippen molar-refractivity contribution in [1.29, 1.82) is 0 Å². The van der Waals surface area contributed by atoms with Crippen molar-refractivity contribution in [3.63, 3.8) is 0 Å². The number of ether oxygens (including phenoxy) is 3. The van der Waals surface area contributed by atoms with Crippen LogP contribution in [-0.4, -0.2) is 130 Å². The number of carbonyl (C=O) groups is 2. The van der Waals surface area contributed by atoms with Crippen molar-refractivity contribution >= 4 is 11.7 Å². The summed E-state index contributed by atoms with van der Waals surface area (Å²) in [6.45, 7) is 5.28. The lowest BCUT2D eigenvalue weighted by Crippen LogP contribution is -2.69. The van der Waals surface area contributed by atoms with Gasteiger partial charge in [0.15, 0.2) is 5.78 Å². The number of fused-ring (bicyclic) bond motifs is 4. The molecule has 0 aromatic carbocycles. The Morgan fingerprint density at radius 1 is 0.982 bits per heavy atom. The van der Waals surface area contributed by atoms with E-state index in [0.29, 0.717) is 76.7 Å². The highest BCUT2D eigenvalue weighted by atomic mass is 16.5. The molecule has 0 radical (unpaired) electrons. The molecule has 12 nitrogen and oxygen atoms in total. The fourth-order valence-electron chi connectivity index (χ4n) is 14.7. The number of hydrogen-bond acceptors (Lipinski definition) is 11. The van der Waals surface area contributed by atoms with E-state index in [4.69, 9.17) is 14.2 Å². The zero-order valence-corrected chi connectivity index (χ0v) is 34.2. The van der Waals surface area contributed by atoms with E-state index in [0.717, 1.165) is 44.9 Å². The zero-order valence-electron chi connectivity index (χ0n) is 34.2. The van der Waals surface area contributed by atoms with Crippen LogP contribution in [0.25, 0.3) is 0 Å². The number of ketones is 1. The molecule has 12 heteroatoms. The number of methoxy groups -OCH3 is 1. The van der Waals surface area contributed by atoms with Crippen LogP contribution in [0.4, 0.5) is 0 Å². The SMILES string of the molecule is COCCCO[C@H]1CC[C@@]2(C)[C@@H](C1)C(=O)C=C1[C@]3(O)CC[C@@H]4[C@](C)(O)[C@H](O)[C@H]5O[C@H]6[C@H](C[C@@H](N[C@H]6O)C(=O)N6C[C@@H]6CC#C[C@]12CC[C@]43C1CCCCC1)[C@H]5CO. The minimum Gasteiger partial charge on any atom is -0.396 e. The molecule has 0 aromatic heterocycles. The standard InChI is InChI=1S/C45H66N2O10/c1-41-15-12-28(56-20-8-19-55-3)21-31(41)33(49)23-35-43(41)14-7-11-27-24-47(27)40(52)32-22-29-30(25-48)36(57-37(29)39(51)46-32)38(50)42(2,53)34-13-16-45(35,54)44(34,18-17-43)26-9-5-4-6-10-26/h23,26-32,34,36-39,46,48,50-51,53-54H,4-6,8-13,15-22,24-25H2,1-3H3/t27-,28-,29+,30+,31-,32+,34+,36-,37-,38+,39-,41-,42-,43-,44-,45+,47?/m0/s1. The van der Waals surface area contributed by atoms with E-state index in [1.165, 1.54) is 0 Å². The number of allylic oxidation sites excluding steroid dienone is 1.